The van der Waals surface area contributed by atoms with Gasteiger partial charge in [-0.2, -0.15) is 0 Å². The average Bonchev–Trinajstić information content (AvgIpc) is 2.44. The highest BCUT2D eigenvalue weighted by Crippen LogP contribution is 2.30. The number of hydrogen-bond acceptors (Lipinski definition) is 2. The van der Waals surface area contributed by atoms with Crippen molar-refractivity contribution in [3.8, 4) is 0 Å². The van der Waals surface area contributed by atoms with Crippen LogP contribution in [0, 0.1) is 27.7 Å². The number of rotatable bonds is 4. The first-order chi connectivity index (χ1) is 10.8. The number of nitrogens with zero attached hydrogens (tertiary/aromatic N) is 1. The summed E-state index contributed by atoms with van der Waals surface area (Å²) in [6, 6.07) is 10.5. The predicted molar refractivity (Wildman–Crippen MR) is 103 cm³/mol. The van der Waals surface area contributed by atoms with Gasteiger partial charge in [-0.3, -0.25) is 0 Å². The Kier molecular flexibility index (Phi) is 5.32. The minimum Gasteiger partial charge on any atom is -0.383 e. The van der Waals surface area contributed by atoms with Crippen LogP contribution in [0.25, 0.3) is 0 Å². The molecule has 2 aromatic rings. The van der Waals surface area contributed by atoms with E-state index in [9.17, 15) is 0 Å². The highest BCUT2D eigenvalue weighted by molar-refractivity contribution is 8.03. The fraction of sp³-hybridized carbons (Fsp3) is 0.250. The Balaban J connectivity index is 2.44. The molecule has 0 saturated carbocycles. The molecule has 2 N–H and O–H groups in total. The minimum absolute atomic E-state index is 0.545. The maximum atomic E-state index is 6.27. The SMILES string of the molecule is C=C(C)Sc1cc(C(N)=Nc2c(C)cc(C)cc2C)ccc1C. The van der Waals surface area contributed by atoms with E-state index in [0.29, 0.717) is 5.84 Å². The van der Waals surface area contributed by atoms with E-state index in [1.807, 2.05) is 13.0 Å². The third-order valence-electron chi connectivity index (χ3n) is 3.64. The van der Waals surface area contributed by atoms with Crippen LogP contribution in [-0.2, 0) is 0 Å². The summed E-state index contributed by atoms with van der Waals surface area (Å²) in [6.45, 7) is 14.3. The summed E-state index contributed by atoms with van der Waals surface area (Å²) in [6.07, 6.45) is 0. The van der Waals surface area contributed by atoms with Crippen molar-refractivity contribution in [2.75, 3.05) is 0 Å². The summed E-state index contributed by atoms with van der Waals surface area (Å²) in [5, 5.41) is 0. The second-order valence-electron chi connectivity index (χ2n) is 6.03. The molecule has 0 fully saturated rings. The van der Waals surface area contributed by atoms with Gasteiger partial charge in [0.1, 0.15) is 5.84 Å². The molecule has 0 aliphatic rings. The second kappa shape index (κ2) is 7.05. The zero-order chi connectivity index (χ0) is 17.1. The molecule has 23 heavy (non-hydrogen) atoms. The molecular weight excluding hydrogens is 300 g/mol. The topological polar surface area (TPSA) is 38.4 Å². The zero-order valence-electron chi connectivity index (χ0n) is 14.5. The number of amidine groups is 1. The average molecular weight is 324 g/mol. The number of aliphatic imine (C=N–C) groups is 1. The van der Waals surface area contributed by atoms with Crippen molar-refractivity contribution in [1.29, 1.82) is 0 Å². The second-order valence-corrected chi connectivity index (χ2v) is 7.37. The summed E-state index contributed by atoms with van der Waals surface area (Å²) < 4.78 is 0. The third kappa shape index (κ3) is 4.26. The van der Waals surface area contributed by atoms with Crippen LogP contribution in [0.3, 0.4) is 0 Å². The van der Waals surface area contributed by atoms with Crippen LogP contribution in [-0.4, -0.2) is 5.84 Å². The maximum Gasteiger partial charge on any atom is 0.131 e. The van der Waals surface area contributed by atoms with Crippen molar-refractivity contribution in [2.45, 2.75) is 39.5 Å². The molecule has 120 valence electrons. The van der Waals surface area contributed by atoms with Gasteiger partial charge in [-0.1, -0.05) is 48.2 Å². The normalized spacial score (nSPS) is 11.6. The molecule has 0 amide bonds. The largest absolute Gasteiger partial charge is 0.383 e. The molecule has 0 unspecified atom stereocenters. The molecule has 3 heteroatoms. The Morgan fingerprint density at radius 3 is 2.17 bits per heavy atom. The fourth-order valence-corrected chi connectivity index (χ4v) is 3.38. The number of nitrogens with two attached hydrogens (primary N) is 1. The number of allylic oxidation sites excluding steroid dienone is 1. The van der Waals surface area contributed by atoms with Crippen molar-refractivity contribution in [3.05, 3.63) is 69.6 Å². The van der Waals surface area contributed by atoms with E-state index in [4.69, 9.17) is 5.73 Å². The van der Waals surface area contributed by atoms with Gasteiger partial charge in [0.2, 0.25) is 0 Å². The Morgan fingerprint density at radius 1 is 1.00 bits per heavy atom. The standard InChI is InChI=1S/C20H24N2S/c1-12(2)23-18-11-17(8-7-14(18)4)20(21)22-19-15(5)9-13(3)10-16(19)6/h7-11H,1H2,2-6H3,(H2,21,22). The van der Waals surface area contributed by atoms with E-state index in [0.717, 1.165) is 27.3 Å². The van der Waals surface area contributed by atoms with Crippen molar-refractivity contribution in [2.24, 2.45) is 10.7 Å². The summed E-state index contributed by atoms with van der Waals surface area (Å²) in [5.41, 5.74) is 12.9. The molecule has 0 aromatic heterocycles. The van der Waals surface area contributed by atoms with Crippen LogP contribution >= 0.6 is 11.8 Å². The number of thioether (sulfide) groups is 1. The summed E-state index contributed by atoms with van der Waals surface area (Å²) >= 11 is 1.67. The van der Waals surface area contributed by atoms with Gasteiger partial charge in [-0.05, 0) is 62.3 Å². The molecule has 0 bridgehead atoms. The Hall–Kier alpha value is -2.00. The van der Waals surface area contributed by atoms with E-state index in [1.54, 1.807) is 11.8 Å². The van der Waals surface area contributed by atoms with Crippen LogP contribution in [0.15, 0.2) is 51.7 Å². The maximum absolute atomic E-state index is 6.27. The van der Waals surface area contributed by atoms with Crippen molar-refractivity contribution in [1.82, 2.24) is 0 Å². The molecule has 2 rings (SSSR count). The van der Waals surface area contributed by atoms with Crippen LogP contribution < -0.4 is 5.73 Å². The molecule has 0 aliphatic carbocycles. The summed E-state index contributed by atoms with van der Waals surface area (Å²) in [7, 11) is 0. The molecule has 2 nitrogen and oxygen atoms in total. The highest BCUT2D eigenvalue weighted by atomic mass is 32.2. The molecule has 0 saturated heterocycles. The predicted octanol–water partition coefficient (Wildman–Crippen LogP) is 5.58. The quantitative estimate of drug-likeness (QED) is 0.453. The Morgan fingerprint density at radius 2 is 1.61 bits per heavy atom. The molecule has 0 aliphatic heterocycles. The lowest BCUT2D eigenvalue weighted by atomic mass is 10.1. The van der Waals surface area contributed by atoms with Crippen molar-refractivity contribution in [3.63, 3.8) is 0 Å². The van der Waals surface area contributed by atoms with E-state index in [1.165, 1.54) is 16.0 Å². The molecule has 0 radical (unpaired) electrons. The van der Waals surface area contributed by atoms with Crippen LogP contribution in [0.4, 0.5) is 5.69 Å². The van der Waals surface area contributed by atoms with Gasteiger partial charge in [0.05, 0.1) is 5.69 Å². The first-order valence-corrected chi connectivity index (χ1v) is 8.46. The lowest BCUT2D eigenvalue weighted by molar-refractivity contribution is 1.26. The summed E-state index contributed by atoms with van der Waals surface area (Å²) in [5.74, 6) is 0.545. The lowest BCUT2D eigenvalue weighted by Gasteiger charge is -2.10. The molecule has 0 atom stereocenters. The van der Waals surface area contributed by atoms with E-state index >= 15 is 0 Å². The van der Waals surface area contributed by atoms with E-state index in [-0.39, 0.29) is 0 Å². The van der Waals surface area contributed by atoms with Gasteiger partial charge in [-0.15, -0.1) is 0 Å². The molecule has 2 aromatic carbocycles. The lowest BCUT2D eigenvalue weighted by Crippen LogP contribution is -2.13. The first kappa shape index (κ1) is 17.4. The molecule has 0 spiro atoms. The van der Waals surface area contributed by atoms with Crippen molar-refractivity contribution >= 4 is 23.3 Å². The first-order valence-electron chi connectivity index (χ1n) is 7.64. The van der Waals surface area contributed by atoms with E-state index in [2.05, 4.69) is 63.5 Å². The molecular formula is C20H24N2S. The van der Waals surface area contributed by atoms with Gasteiger partial charge in [0, 0.05) is 10.5 Å². The number of benzene rings is 2. The Bertz CT molecular complexity index is 765. The molecule has 0 heterocycles. The van der Waals surface area contributed by atoms with Crippen LogP contribution in [0.2, 0.25) is 0 Å². The van der Waals surface area contributed by atoms with Gasteiger partial charge in [0.15, 0.2) is 0 Å². The number of hydrogen-bond donors (Lipinski definition) is 1. The Labute approximate surface area is 143 Å². The zero-order valence-corrected chi connectivity index (χ0v) is 15.3. The third-order valence-corrected chi connectivity index (χ3v) is 4.64. The van der Waals surface area contributed by atoms with Gasteiger partial charge in [0.25, 0.3) is 0 Å². The monoisotopic (exact) mass is 324 g/mol. The van der Waals surface area contributed by atoms with E-state index < -0.39 is 0 Å². The smallest absolute Gasteiger partial charge is 0.131 e. The van der Waals surface area contributed by atoms with Crippen LogP contribution in [0.1, 0.15) is 34.7 Å². The van der Waals surface area contributed by atoms with Gasteiger partial charge >= 0.3 is 0 Å². The van der Waals surface area contributed by atoms with Crippen LogP contribution in [0.5, 0.6) is 0 Å². The highest BCUT2D eigenvalue weighted by Gasteiger charge is 2.07. The van der Waals surface area contributed by atoms with Crippen molar-refractivity contribution < 1.29 is 0 Å². The minimum atomic E-state index is 0.545. The van der Waals surface area contributed by atoms with Gasteiger partial charge < -0.3 is 5.73 Å². The number of aryl methyl sites for hydroxylation is 4. The summed E-state index contributed by atoms with van der Waals surface area (Å²) in [4.78, 5) is 6.91. The van der Waals surface area contributed by atoms with Gasteiger partial charge in [-0.25, -0.2) is 4.99 Å². The fourth-order valence-electron chi connectivity index (χ4n) is 2.59.